The molecule has 2 aromatic rings. The third kappa shape index (κ3) is 4.83. The van der Waals surface area contributed by atoms with E-state index in [2.05, 4.69) is 5.32 Å². The first kappa shape index (κ1) is 20.2. The van der Waals surface area contributed by atoms with Gasteiger partial charge in [0.2, 0.25) is 5.91 Å². The summed E-state index contributed by atoms with van der Waals surface area (Å²) in [6.07, 6.45) is -4.15. The Balaban J connectivity index is 1.77. The molecule has 0 spiro atoms. The van der Waals surface area contributed by atoms with Gasteiger partial charge in [0.05, 0.1) is 29.7 Å². The number of hydrogen-bond donors (Lipinski definition) is 1. The van der Waals surface area contributed by atoms with E-state index in [0.29, 0.717) is 12.1 Å². The van der Waals surface area contributed by atoms with E-state index in [-0.39, 0.29) is 23.7 Å². The van der Waals surface area contributed by atoms with Gasteiger partial charge in [0.1, 0.15) is 0 Å². The molecule has 0 aliphatic carbocycles. The fraction of sp³-hybridized carbons (Fsp3) is 0.316. The van der Waals surface area contributed by atoms with E-state index >= 15 is 0 Å². The number of nitrogens with one attached hydrogen (secondary N) is 1. The summed E-state index contributed by atoms with van der Waals surface area (Å²) < 4.78 is 62.2. The fourth-order valence-electron chi connectivity index (χ4n) is 3.19. The van der Waals surface area contributed by atoms with Crippen LogP contribution in [-0.2, 0) is 20.8 Å². The summed E-state index contributed by atoms with van der Waals surface area (Å²) in [4.78, 5) is 14.3. The maximum absolute atomic E-state index is 12.8. The predicted octanol–water partition coefficient (Wildman–Crippen LogP) is 3.34. The molecule has 0 aromatic heterocycles. The smallest absolute Gasteiger partial charge is 0.376 e. The van der Waals surface area contributed by atoms with Crippen LogP contribution in [0.15, 0.2) is 54.6 Å². The van der Waals surface area contributed by atoms with Crippen molar-refractivity contribution in [3.05, 3.63) is 60.2 Å². The minimum absolute atomic E-state index is 0.00926. The zero-order valence-electron chi connectivity index (χ0n) is 14.8. The van der Waals surface area contributed by atoms with Crippen molar-refractivity contribution < 1.29 is 26.4 Å². The van der Waals surface area contributed by atoms with Gasteiger partial charge in [-0.2, -0.15) is 13.2 Å². The molecule has 1 fully saturated rings. The number of hydrogen-bond acceptors (Lipinski definition) is 4. The van der Waals surface area contributed by atoms with Gasteiger partial charge in [-0.3, -0.25) is 4.79 Å². The van der Waals surface area contributed by atoms with E-state index in [1.807, 2.05) is 0 Å². The van der Waals surface area contributed by atoms with Crippen molar-refractivity contribution in [2.24, 2.45) is 0 Å². The molecule has 9 heteroatoms. The van der Waals surface area contributed by atoms with Gasteiger partial charge in [0, 0.05) is 11.4 Å². The number of halogens is 3. The molecular formula is C19H19F3N2O3S. The molecule has 5 nitrogen and oxygen atoms in total. The lowest BCUT2D eigenvalue weighted by molar-refractivity contribution is -0.137. The van der Waals surface area contributed by atoms with Gasteiger partial charge in [0.15, 0.2) is 9.84 Å². The molecule has 1 amide bonds. The van der Waals surface area contributed by atoms with Gasteiger partial charge < -0.3 is 10.2 Å². The minimum atomic E-state index is -4.48. The Morgan fingerprint density at radius 3 is 2.43 bits per heavy atom. The first-order valence-electron chi connectivity index (χ1n) is 8.64. The maximum Gasteiger partial charge on any atom is 0.416 e. The lowest BCUT2D eigenvalue weighted by Gasteiger charge is -2.28. The molecule has 1 aliphatic heterocycles. The van der Waals surface area contributed by atoms with Crippen LogP contribution in [-0.4, -0.2) is 38.4 Å². The summed E-state index contributed by atoms with van der Waals surface area (Å²) in [6.45, 7) is -0.257. The van der Waals surface area contributed by atoms with Crippen LogP contribution in [0.25, 0.3) is 0 Å². The second-order valence-corrected chi connectivity index (χ2v) is 8.82. The number of carbonyl (C=O) groups excluding carboxylic acids is 1. The van der Waals surface area contributed by atoms with E-state index < -0.39 is 33.5 Å². The van der Waals surface area contributed by atoms with Gasteiger partial charge in [0.25, 0.3) is 0 Å². The quantitative estimate of drug-likeness (QED) is 0.818. The lowest BCUT2D eigenvalue weighted by Crippen LogP contribution is -2.44. The van der Waals surface area contributed by atoms with E-state index in [0.717, 1.165) is 12.1 Å². The molecule has 1 aliphatic rings. The third-order valence-electron chi connectivity index (χ3n) is 4.51. The second kappa shape index (κ2) is 7.83. The number of amides is 1. The number of sulfone groups is 1. The van der Waals surface area contributed by atoms with E-state index in [1.54, 1.807) is 30.3 Å². The Labute approximate surface area is 161 Å². The van der Waals surface area contributed by atoms with Gasteiger partial charge in [-0.1, -0.05) is 24.3 Å². The highest BCUT2D eigenvalue weighted by Crippen LogP contribution is 2.31. The first-order chi connectivity index (χ1) is 13.2. The van der Waals surface area contributed by atoms with Crippen molar-refractivity contribution in [1.29, 1.82) is 0 Å². The number of para-hydroxylation sites is 1. The molecule has 0 bridgehead atoms. The van der Waals surface area contributed by atoms with E-state index in [1.165, 1.54) is 17.0 Å². The molecule has 0 unspecified atom stereocenters. The molecule has 1 saturated heterocycles. The van der Waals surface area contributed by atoms with Crippen molar-refractivity contribution in [3.8, 4) is 0 Å². The number of rotatable bonds is 5. The molecule has 1 heterocycles. The van der Waals surface area contributed by atoms with Crippen LogP contribution in [0.5, 0.6) is 0 Å². The van der Waals surface area contributed by atoms with Crippen molar-refractivity contribution in [1.82, 2.24) is 0 Å². The standard InChI is InChI=1S/C19H19F3N2O3S/c20-19(21,22)14-5-4-6-15(11-14)23-12-18(25)24(16-7-2-1-3-8-16)17-9-10-28(26,27)13-17/h1-8,11,17,23H,9-10,12-13H2/t17-/m1/s1. The van der Waals surface area contributed by atoms with Gasteiger partial charge in [-0.15, -0.1) is 0 Å². The Morgan fingerprint density at radius 1 is 1.11 bits per heavy atom. The molecule has 0 saturated carbocycles. The normalized spacial score (nSPS) is 18.6. The second-order valence-electron chi connectivity index (χ2n) is 6.59. The van der Waals surface area contributed by atoms with Gasteiger partial charge in [-0.05, 0) is 36.8 Å². The van der Waals surface area contributed by atoms with Crippen LogP contribution in [0.4, 0.5) is 24.5 Å². The topological polar surface area (TPSA) is 66.5 Å². The highest BCUT2D eigenvalue weighted by molar-refractivity contribution is 7.91. The van der Waals surface area contributed by atoms with Crippen molar-refractivity contribution in [2.75, 3.05) is 28.3 Å². The van der Waals surface area contributed by atoms with Crippen LogP contribution in [0.2, 0.25) is 0 Å². The molecule has 1 N–H and O–H groups in total. The first-order valence-corrected chi connectivity index (χ1v) is 10.5. The molecule has 150 valence electrons. The zero-order chi connectivity index (χ0) is 20.4. The van der Waals surface area contributed by atoms with Crippen molar-refractivity contribution >= 4 is 27.1 Å². The third-order valence-corrected chi connectivity index (χ3v) is 6.26. The van der Waals surface area contributed by atoms with Crippen LogP contribution in [0.1, 0.15) is 12.0 Å². The Bertz CT molecular complexity index is 946. The summed E-state index contributed by atoms with van der Waals surface area (Å²) in [7, 11) is -3.21. The maximum atomic E-state index is 12.8. The number of nitrogens with zero attached hydrogens (tertiary/aromatic N) is 1. The van der Waals surface area contributed by atoms with Crippen LogP contribution in [0, 0.1) is 0 Å². The van der Waals surface area contributed by atoms with E-state index in [9.17, 15) is 26.4 Å². The summed E-state index contributed by atoms with van der Waals surface area (Å²) in [6, 6.07) is 12.7. The monoisotopic (exact) mass is 412 g/mol. The number of alkyl halides is 3. The van der Waals surface area contributed by atoms with Crippen molar-refractivity contribution in [3.63, 3.8) is 0 Å². The largest absolute Gasteiger partial charge is 0.416 e. The SMILES string of the molecule is O=C(CNc1cccc(C(F)(F)F)c1)N(c1ccccc1)[C@@H]1CCS(=O)(=O)C1. The fourth-order valence-corrected chi connectivity index (χ4v) is 4.89. The Hall–Kier alpha value is -2.55. The Kier molecular flexibility index (Phi) is 5.64. The molecule has 1 atom stereocenters. The average molecular weight is 412 g/mol. The van der Waals surface area contributed by atoms with Crippen molar-refractivity contribution in [2.45, 2.75) is 18.6 Å². The average Bonchev–Trinajstić information content (AvgIpc) is 3.00. The molecule has 0 radical (unpaired) electrons. The minimum Gasteiger partial charge on any atom is -0.376 e. The predicted molar refractivity (Wildman–Crippen MR) is 101 cm³/mol. The molecule has 3 rings (SSSR count). The number of carbonyl (C=O) groups is 1. The number of benzene rings is 2. The highest BCUT2D eigenvalue weighted by atomic mass is 32.2. The number of anilines is 2. The van der Waals surface area contributed by atoms with Gasteiger partial charge in [-0.25, -0.2) is 8.42 Å². The summed E-state index contributed by atoms with van der Waals surface area (Å²) >= 11 is 0. The molecule has 28 heavy (non-hydrogen) atoms. The molecular weight excluding hydrogens is 393 g/mol. The van der Waals surface area contributed by atoms with Gasteiger partial charge >= 0.3 is 6.18 Å². The van der Waals surface area contributed by atoms with Crippen LogP contribution >= 0.6 is 0 Å². The molecule has 2 aromatic carbocycles. The van der Waals surface area contributed by atoms with E-state index in [4.69, 9.17) is 0 Å². The summed E-state index contributed by atoms with van der Waals surface area (Å²) in [5.41, 5.74) is -0.0950. The highest BCUT2D eigenvalue weighted by Gasteiger charge is 2.35. The zero-order valence-corrected chi connectivity index (χ0v) is 15.6. The van der Waals surface area contributed by atoms with Crippen LogP contribution in [0.3, 0.4) is 0 Å². The summed E-state index contributed by atoms with van der Waals surface area (Å²) in [5.74, 6) is -0.530. The van der Waals surface area contributed by atoms with Crippen LogP contribution < -0.4 is 10.2 Å². The lowest BCUT2D eigenvalue weighted by atomic mass is 10.1. The summed E-state index contributed by atoms with van der Waals surface area (Å²) in [5, 5.41) is 2.71. The Morgan fingerprint density at radius 2 is 1.82 bits per heavy atom.